The molecule has 0 aliphatic heterocycles. The van der Waals surface area contributed by atoms with Crippen molar-refractivity contribution in [1.29, 1.82) is 0 Å². The van der Waals surface area contributed by atoms with Crippen LogP contribution in [0, 0.1) is 0 Å². The van der Waals surface area contributed by atoms with Gasteiger partial charge in [-0.25, -0.2) is 4.68 Å². The first-order chi connectivity index (χ1) is 15.0. The van der Waals surface area contributed by atoms with Crippen LogP contribution in [0.3, 0.4) is 0 Å². The number of aryl methyl sites for hydroxylation is 1. The Bertz CT molecular complexity index is 1140. The van der Waals surface area contributed by atoms with E-state index in [1.54, 1.807) is 23.0 Å². The fourth-order valence-corrected chi connectivity index (χ4v) is 3.14. The van der Waals surface area contributed by atoms with E-state index in [1.807, 2.05) is 36.5 Å². The van der Waals surface area contributed by atoms with Gasteiger partial charge >= 0.3 is 6.36 Å². The number of para-hydroxylation sites is 1. The molecule has 0 amide bonds. The number of halogens is 3. The molecule has 2 heterocycles. The van der Waals surface area contributed by atoms with Gasteiger partial charge in [0.2, 0.25) is 0 Å². The summed E-state index contributed by atoms with van der Waals surface area (Å²) in [5.74, 6) is 0.497. The number of alkyl halides is 3. The van der Waals surface area contributed by atoms with Crippen LogP contribution in [-0.4, -0.2) is 32.9 Å². The third-order valence-corrected chi connectivity index (χ3v) is 4.52. The van der Waals surface area contributed by atoms with E-state index in [0.29, 0.717) is 19.6 Å². The van der Waals surface area contributed by atoms with Gasteiger partial charge in [-0.2, -0.15) is 0 Å². The number of pyridine rings is 1. The van der Waals surface area contributed by atoms with Crippen LogP contribution in [0.5, 0.6) is 11.5 Å². The van der Waals surface area contributed by atoms with Gasteiger partial charge in [0.25, 0.3) is 0 Å². The molecule has 2 aromatic heterocycles. The molecule has 6 nitrogen and oxygen atoms in total. The van der Waals surface area contributed by atoms with Gasteiger partial charge in [-0.15, -0.1) is 18.3 Å². The van der Waals surface area contributed by atoms with Crippen LogP contribution >= 0.6 is 0 Å². The zero-order valence-electron chi connectivity index (χ0n) is 16.4. The van der Waals surface area contributed by atoms with Crippen LogP contribution in [0.1, 0.15) is 17.7 Å². The summed E-state index contributed by atoms with van der Waals surface area (Å²) in [6.45, 7) is 0.917. The van der Waals surface area contributed by atoms with Gasteiger partial charge in [0.15, 0.2) is 0 Å². The third kappa shape index (κ3) is 5.71. The van der Waals surface area contributed by atoms with Crippen molar-refractivity contribution in [2.24, 2.45) is 0 Å². The van der Waals surface area contributed by atoms with Crippen molar-refractivity contribution in [3.63, 3.8) is 0 Å². The van der Waals surface area contributed by atoms with Gasteiger partial charge in [0, 0.05) is 17.8 Å². The van der Waals surface area contributed by atoms with E-state index < -0.39 is 6.36 Å². The van der Waals surface area contributed by atoms with Gasteiger partial charge in [0.05, 0.1) is 18.8 Å². The molecule has 0 aliphatic rings. The predicted molar refractivity (Wildman–Crippen MR) is 108 cm³/mol. The van der Waals surface area contributed by atoms with Crippen molar-refractivity contribution >= 4 is 10.9 Å². The smallest absolute Gasteiger partial charge is 0.491 e. The molecule has 0 unspecified atom stereocenters. The fraction of sp³-hybridized carbons (Fsp3) is 0.227. The lowest BCUT2D eigenvalue weighted by Crippen LogP contribution is -2.17. The average Bonchev–Trinajstić information content (AvgIpc) is 3.19. The maximum absolute atomic E-state index is 12.2. The van der Waals surface area contributed by atoms with E-state index in [1.165, 1.54) is 12.1 Å². The fourth-order valence-electron chi connectivity index (χ4n) is 3.14. The molecule has 160 valence electrons. The number of nitrogens with zero attached hydrogens (tertiary/aromatic N) is 4. The largest absolute Gasteiger partial charge is 0.573 e. The molecule has 0 N–H and O–H groups in total. The van der Waals surface area contributed by atoms with Crippen LogP contribution in [0.2, 0.25) is 0 Å². The number of fused-ring (bicyclic) bond motifs is 1. The summed E-state index contributed by atoms with van der Waals surface area (Å²) in [5.41, 5.74) is 2.44. The molecule has 2 aromatic carbocycles. The average molecular weight is 428 g/mol. The molecule has 0 saturated carbocycles. The highest BCUT2D eigenvalue weighted by molar-refractivity contribution is 5.84. The maximum Gasteiger partial charge on any atom is 0.573 e. The van der Waals surface area contributed by atoms with E-state index >= 15 is 0 Å². The SMILES string of the molecule is FC(F)(F)Oc1ccc(Cn2cc(CCCOc3cccc4cccnc34)nn2)cc1. The molecule has 4 aromatic rings. The van der Waals surface area contributed by atoms with Gasteiger partial charge in [-0.05, 0) is 42.7 Å². The van der Waals surface area contributed by atoms with Gasteiger partial charge in [-0.3, -0.25) is 4.98 Å². The topological polar surface area (TPSA) is 62.1 Å². The standard InChI is InChI=1S/C22H19F3N4O2/c23-22(24,25)31-19-10-8-16(9-11-19)14-29-15-18(27-28-29)6-3-13-30-20-7-1-4-17-5-2-12-26-21(17)20/h1-2,4-5,7-12,15H,3,6,13-14H2. The van der Waals surface area contributed by atoms with E-state index in [2.05, 4.69) is 20.0 Å². The first-order valence-electron chi connectivity index (χ1n) is 9.66. The summed E-state index contributed by atoms with van der Waals surface area (Å²) in [4.78, 5) is 4.37. The number of benzene rings is 2. The zero-order chi connectivity index (χ0) is 21.7. The Morgan fingerprint density at radius 3 is 2.58 bits per heavy atom. The number of hydrogen-bond acceptors (Lipinski definition) is 5. The number of hydrogen-bond donors (Lipinski definition) is 0. The normalized spacial score (nSPS) is 11.6. The Balaban J connectivity index is 1.26. The molecular weight excluding hydrogens is 409 g/mol. The Morgan fingerprint density at radius 1 is 0.968 bits per heavy atom. The highest BCUT2D eigenvalue weighted by Gasteiger charge is 2.30. The predicted octanol–water partition coefficient (Wildman–Crippen LogP) is 4.78. The molecule has 0 fully saturated rings. The molecule has 31 heavy (non-hydrogen) atoms. The van der Waals surface area contributed by atoms with Crippen molar-refractivity contribution < 1.29 is 22.6 Å². The minimum Gasteiger partial charge on any atom is -0.491 e. The molecule has 0 bridgehead atoms. The molecule has 0 aliphatic carbocycles. The lowest BCUT2D eigenvalue weighted by atomic mass is 10.2. The van der Waals surface area contributed by atoms with Crippen molar-refractivity contribution in [1.82, 2.24) is 20.0 Å². The van der Waals surface area contributed by atoms with Crippen molar-refractivity contribution in [2.75, 3.05) is 6.61 Å². The minimum absolute atomic E-state index is 0.253. The van der Waals surface area contributed by atoms with Crippen LogP contribution in [0.15, 0.2) is 67.0 Å². The number of aromatic nitrogens is 4. The Labute approximate surface area is 176 Å². The molecule has 4 rings (SSSR count). The first-order valence-corrected chi connectivity index (χ1v) is 9.66. The van der Waals surface area contributed by atoms with Crippen molar-refractivity contribution in [3.05, 3.63) is 78.2 Å². The van der Waals surface area contributed by atoms with Gasteiger partial charge < -0.3 is 9.47 Å². The summed E-state index contributed by atoms with van der Waals surface area (Å²) in [6, 6.07) is 15.4. The van der Waals surface area contributed by atoms with Crippen LogP contribution in [0.4, 0.5) is 13.2 Å². The van der Waals surface area contributed by atoms with Gasteiger partial charge in [0.1, 0.15) is 17.0 Å². The van der Waals surface area contributed by atoms with Crippen LogP contribution in [0.25, 0.3) is 10.9 Å². The monoisotopic (exact) mass is 428 g/mol. The maximum atomic E-state index is 12.2. The molecule has 0 saturated heterocycles. The summed E-state index contributed by atoms with van der Waals surface area (Å²) in [6.07, 6.45) is 0.308. The second kappa shape index (κ2) is 9.03. The molecule has 0 spiro atoms. The van der Waals surface area contributed by atoms with E-state index in [9.17, 15) is 13.2 Å². The summed E-state index contributed by atoms with van der Waals surface area (Å²) in [5, 5.41) is 9.25. The lowest BCUT2D eigenvalue weighted by Gasteiger charge is -2.09. The Hall–Kier alpha value is -3.62. The second-order valence-electron chi connectivity index (χ2n) is 6.88. The highest BCUT2D eigenvalue weighted by atomic mass is 19.4. The summed E-state index contributed by atoms with van der Waals surface area (Å²) >= 11 is 0. The van der Waals surface area contributed by atoms with Crippen LogP contribution < -0.4 is 9.47 Å². The molecule has 0 radical (unpaired) electrons. The lowest BCUT2D eigenvalue weighted by molar-refractivity contribution is -0.274. The molecule has 9 heteroatoms. The number of rotatable bonds is 8. The van der Waals surface area contributed by atoms with E-state index in [4.69, 9.17) is 4.74 Å². The van der Waals surface area contributed by atoms with Gasteiger partial charge in [-0.1, -0.05) is 35.5 Å². The third-order valence-electron chi connectivity index (χ3n) is 4.52. The molecule has 0 atom stereocenters. The molecular formula is C22H19F3N4O2. The van der Waals surface area contributed by atoms with Crippen LogP contribution in [-0.2, 0) is 13.0 Å². The Morgan fingerprint density at radius 2 is 1.77 bits per heavy atom. The van der Waals surface area contributed by atoms with Crippen molar-refractivity contribution in [2.45, 2.75) is 25.7 Å². The summed E-state index contributed by atoms with van der Waals surface area (Å²) in [7, 11) is 0. The quantitative estimate of drug-likeness (QED) is 0.378. The summed E-state index contributed by atoms with van der Waals surface area (Å²) < 4.78 is 48.1. The van der Waals surface area contributed by atoms with E-state index in [0.717, 1.165) is 34.3 Å². The van der Waals surface area contributed by atoms with Crippen molar-refractivity contribution in [3.8, 4) is 11.5 Å². The zero-order valence-corrected chi connectivity index (χ0v) is 16.4. The number of ether oxygens (including phenoxy) is 2. The minimum atomic E-state index is -4.70. The Kier molecular flexibility index (Phi) is 6.01. The highest BCUT2D eigenvalue weighted by Crippen LogP contribution is 2.24. The van der Waals surface area contributed by atoms with E-state index in [-0.39, 0.29) is 5.75 Å². The second-order valence-corrected chi connectivity index (χ2v) is 6.88. The first kappa shape index (κ1) is 20.6.